The maximum atomic E-state index is 11.3. The van der Waals surface area contributed by atoms with Gasteiger partial charge < -0.3 is 4.90 Å². The number of thioether (sulfide) groups is 1. The minimum absolute atomic E-state index is 0.220. The zero-order valence-corrected chi connectivity index (χ0v) is 9.28. The fourth-order valence-corrected chi connectivity index (χ4v) is 2.09. The van der Waals surface area contributed by atoms with E-state index in [0.29, 0.717) is 5.91 Å². The molecular formula is C9H19NOS. The number of amides is 1. The molecule has 1 aliphatic heterocycles. The van der Waals surface area contributed by atoms with Crippen LogP contribution in [-0.4, -0.2) is 35.9 Å². The molecule has 0 aromatic heterocycles. The van der Waals surface area contributed by atoms with E-state index >= 15 is 0 Å². The Labute approximate surface area is 79.7 Å². The van der Waals surface area contributed by atoms with Crippen molar-refractivity contribution in [1.29, 1.82) is 0 Å². The number of carbonyl (C=O) groups is 1. The van der Waals surface area contributed by atoms with Gasteiger partial charge in [-0.3, -0.25) is 4.79 Å². The maximum absolute atomic E-state index is 11.3. The van der Waals surface area contributed by atoms with Crippen molar-refractivity contribution in [2.24, 2.45) is 5.92 Å². The van der Waals surface area contributed by atoms with Crippen LogP contribution >= 0.6 is 11.8 Å². The molecule has 1 saturated heterocycles. The highest BCUT2D eigenvalue weighted by atomic mass is 32.2. The Hall–Kier alpha value is -0.180. The van der Waals surface area contributed by atoms with Gasteiger partial charge in [0.1, 0.15) is 0 Å². The molecule has 0 radical (unpaired) electrons. The van der Waals surface area contributed by atoms with E-state index in [1.54, 1.807) is 0 Å². The first kappa shape index (κ1) is 11.8. The van der Waals surface area contributed by atoms with Gasteiger partial charge in [0, 0.05) is 31.0 Å². The van der Waals surface area contributed by atoms with Crippen LogP contribution in [0.15, 0.2) is 0 Å². The summed E-state index contributed by atoms with van der Waals surface area (Å²) < 4.78 is 0. The van der Waals surface area contributed by atoms with Crippen LogP contribution in [0.4, 0.5) is 0 Å². The van der Waals surface area contributed by atoms with Crippen LogP contribution < -0.4 is 0 Å². The number of carbonyl (C=O) groups excluding carboxylic acids is 1. The summed E-state index contributed by atoms with van der Waals surface area (Å²) >= 11 is 1.87. The van der Waals surface area contributed by atoms with Crippen LogP contribution in [-0.2, 0) is 4.79 Å². The zero-order valence-electron chi connectivity index (χ0n) is 8.46. The predicted octanol–water partition coefficient (Wildman–Crippen LogP) is 1.85. The van der Waals surface area contributed by atoms with Crippen LogP contribution in [0.3, 0.4) is 0 Å². The largest absolute Gasteiger partial charge is 0.345 e. The SMILES string of the molecule is CC.CC1CSCCN(C)C1=O. The molecule has 0 saturated carbocycles. The minimum atomic E-state index is 0.220. The van der Waals surface area contributed by atoms with E-state index in [9.17, 15) is 4.79 Å². The molecule has 12 heavy (non-hydrogen) atoms. The summed E-state index contributed by atoms with van der Waals surface area (Å²) in [7, 11) is 1.88. The third-order valence-corrected chi connectivity index (χ3v) is 2.94. The third kappa shape index (κ3) is 3.48. The second-order valence-corrected chi connectivity index (χ2v) is 3.89. The summed E-state index contributed by atoms with van der Waals surface area (Å²) in [4.78, 5) is 13.1. The molecule has 1 aliphatic rings. The zero-order chi connectivity index (χ0) is 9.56. The molecule has 3 heteroatoms. The Morgan fingerprint density at radius 3 is 2.67 bits per heavy atom. The molecule has 2 nitrogen and oxygen atoms in total. The Morgan fingerprint density at radius 2 is 2.08 bits per heavy atom. The van der Waals surface area contributed by atoms with Crippen molar-refractivity contribution in [3.63, 3.8) is 0 Å². The fraction of sp³-hybridized carbons (Fsp3) is 0.889. The van der Waals surface area contributed by atoms with E-state index in [0.717, 1.165) is 18.1 Å². The lowest BCUT2D eigenvalue weighted by atomic mass is 10.2. The van der Waals surface area contributed by atoms with Gasteiger partial charge in [-0.25, -0.2) is 0 Å². The van der Waals surface area contributed by atoms with E-state index in [1.165, 1.54) is 0 Å². The maximum Gasteiger partial charge on any atom is 0.226 e. The second-order valence-electron chi connectivity index (χ2n) is 2.74. The smallest absolute Gasteiger partial charge is 0.226 e. The average molecular weight is 189 g/mol. The second kappa shape index (κ2) is 6.35. The summed E-state index contributed by atoms with van der Waals surface area (Å²) in [5.74, 6) is 2.60. The molecular weight excluding hydrogens is 170 g/mol. The normalized spacial score (nSPS) is 24.2. The van der Waals surface area contributed by atoms with Crippen molar-refractivity contribution >= 4 is 17.7 Å². The Balaban J connectivity index is 0.000000561. The summed E-state index contributed by atoms with van der Waals surface area (Å²) in [6, 6.07) is 0. The van der Waals surface area contributed by atoms with Crippen LogP contribution in [0.2, 0.25) is 0 Å². The molecule has 72 valence electrons. The van der Waals surface area contributed by atoms with Gasteiger partial charge in [-0.2, -0.15) is 11.8 Å². The van der Waals surface area contributed by atoms with E-state index in [4.69, 9.17) is 0 Å². The Kier molecular flexibility index (Phi) is 6.25. The lowest BCUT2D eigenvalue weighted by Gasteiger charge is -2.15. The van der Waals surface area contributed by atoms with E-state index < -0.39 is 0 Å². The first-order valence-electron chi connectivity index (χ1n) is 4.54. The molecule has 0 N–H and O–H groups in total. The first-order valence-corrected chi connectivity index (χ1v) is 5.70. The molecule has 0 spiro atoms. The molecule has 1 heterocycles. The van der Waals surface area contributed by atoms with Gasteiger partial charge in [0.25, 0.3) is 0 Å². The van der Waals surface area contributed by atoms with E-state index in [1.807, 2.05) is 44.5 Å². The van der Waals surface area contributed by atoms with Crippen LogP contribution in [0, 0.1) is 5.92 Å². The molecule has 0 aliphatic carbocycles. The fourth-order valence-electron chi connectivity index (χ4n) is 1.02. The highest BCUT2D eigenvalue weighted by molar-refractivity contribution is 7.99. The van der Waals surface area contributed by atoms with Gasteiger partial charge in [0.05, 0.1) is 0 Å². The molecule has 1 unspecified atom stereocenters. The topological polar surface area (TPSA) is 20.3 Å². The van der Waals surface area contributed by atoms with Gasteiger partial charge in [-0.15, -0.1) is 0 Å². The summed E-state index contributed by atoms with van der Waals surface area (Å²) in [6.45, 7) is 6.91. The highest BCUT2D eigenvalue weighted by Crippen LogP contribution is 2.14. The number of hydrogen-bond acceptors (Lipinski definition) is 2. The minimum Gasteiger partial charge on any atom is -0.345 e. The summed E-state index contributed by atoms with van der Waals surface area (Å²) in [6.07, 6.45) is 0. The molecule has 0 bridgehead atoms. The quantitative estimate of drug-likeness (QED) is 0.579. The van der Waals surface area contributed by atoms with Crippen LogP contribution in [0.5, 0.6) is 0 Å². The lowest BCUT2D eigenvalue weighted by Crippen LogP contribution is -2.31. The molecule has 0 aromatic carbocycles. The molecule has 1 fully saturated rings. The average Bonchev–Trinajstić information content (AvgIpc) is 2.24. The first-order chi connectivity index (χ1) is 5.72. The van der Waals surface area contributed by atoms with Gasteiger partial charge in [0.15, 0.2) is 0 Å². The molecule has 1 amide bonds. The molecule has 1 rings (SSSR count). The van der Waals surface area contributed by atoms with Crippen molar-refractivity contribution in [2.75, 3.05) is 25.1 Å². The number of rotatable bonds is 0. The van der Waals surface area contributed by atoms with E-state index in [-0.39, 0.29) is 5.92 Å². The Morgan fingerprint density at radius 1 is 1.50 bits per heavy atom. The van der Waals surface area contributed by atoms with E-state index in [2.05, 4.69) is 0 Å². The van der Waals surface area contributed by atoms with Crippen molar-refractivity contribution in [2.45, 2.75) is 20.8 Å². The highest BCUT2D eigenvalue weighted by Gasteiger charge is 2.19. The Bertz CT molecular complexity index is 124. The summed E-state index contributed by atoms with van der Waals surface area (Å²) in [5, 5.41) is 0. The van der Waals surface area contributed by atoms with Crippen LogP contribution in [0.25, 0.3) is 0 Å². The summed E-state index contributed by atoms with van der Waals surface area (Å²) in [5.41, 5.74) is 0. The van der Waals surface area contributed by atoms with Gasteiger partial charge in [0.2, 0.25) is 5.91 Å². The number of hydrogen-bond donors (Lipinski definition) is 0. The van der Waals surface area contributed by atoms with Gasteiger partial charge in [-0.1, -0.05) is 20.8 Å². The van der Waals surface area contributed by atoms with Gasteiger partial charge in [-0.05, 0) is 0 Å². The standard InChI is InChI=1S/C7H13NOS.C2H6/c1-6-5-10-4-3-8(2)7(6)9;1-2/h6H,3-5H2,1-2H3;1-2H3. The van der Waals surface area contributed by atoms with Crippen molar-refractivity contribution in [3.05, 3.63) is 0 Å². The van der Waals surface area contributed by atoms with Gasteiger partial charge >= 0.3 is 0 Å². The molecule has 1 atom stereocenters. The number of nitrogens with zero attached hydrogens (tertiary/aromatic N) is 1. The predicted molar refractivity (Wildman–Crippen MR) is 55.5 cm³/mol. The third-order valence-electron chi connectivity index (χ3n) is 1.74. The van der Waals surface area contributed by atoms with Crippen molar-refractivity contribution in [3.8, 4) is 0 Å². The van der Waals surface area contributed by atoms with Crippen molar-refractivity contribution < 1.29 is 4.79 Å². The molecule has 0 aromatic rings. The monoisotopic (exact) mass is 189 g/mol. The van der Waals surface area contributed by atoms with Crippen molar-refractivity contribution in [1.82, 2.24) is 4.90 Å². The van der Waals surface area contributed by atoms with Crippen LogP contribution in [0.1, 0.15) is 20.8 Å². The lowest BCUT2D eigenvalue weighted by molar-refractivity contribution is -0.132.